The van der Waals surface area contributed by atoms with Crippen molar-refractivity contribution in [1.82, 2.24) is 0 Å². The average Bonchev–Trinajstić information content (AvgIpc) is 2.63. The van der Waals surface area contributed by atoms with Gasteiger partial charge in [-0.15, -0.1) is 0 Å². The molecule has 0 spiro atoms. The monoisotopic (exact) mass is 584 g/mol. The molecular weight excluding hydrogens is 536 g/mol. The van der Waals surface area contributed by atoms with Crippen LogP contribution in [0.4, 0.5) is 0 Å². The molecule has 2 unspecified atom stereocenters. The molecule has 0 aromatic rings. The molecule has 184 valence electrons. The summed E-state index contributed by atoms with van der Waals surface area (Å²) in [6.45, 7) is 17.1. The Kier molecular flexibility index (Phi) is 28.5. The van der Waals surface area contributed by atoms with E-state index in [9.17, 15) is 0 Å². The third-order valence-corrected chi connectivity index (χ3v) is 5.63. The van der Waals surface area contributed by atoms with Gasteiger partial charge in [0, 0.05) is 28.4 Å². The Hall–Kier alpha value is 2.02. The molecular formula is C22H50Cl2O2P2Pd. The molecule has 2 rings (SSSR count). The van der Waals surface area contributed by atoms with E-state index >= 15 is 0 Å². The molecule has 7 heteroatoms. The topological polar surface area (TPSA) is 40.5 Å². The molecule has 0 aromatic heterocycles. The minimum atomic E-state index is -0.106. The maximum absolute atomic E-state index is 8.72. The number of hydrogen-bond donors (Lipinski definition) is 2. The van der Waals surface area contributed by atoms with Gasteiger partial charge in [-0.05, 0) is 24.2 Å². The first-order chi connectivity index (χ1) is 13.3. The van der Waals surface area contributed by atoms with Crippen molar-refractivity contribution >= 4 is 36.7 Å². The van der Waals surface area contributed by atoms with Crippen LogP contribution in [0.1, 0.15) is 120 Å². The van der Waals surface area contributed by atoms with Gasteiger partial charge >= 0.3 is 35.0 Å². The molecule has 0 bridgehead atoms. The Bertz CT molecular complexity index is 307. The molecule has 2 nitrogen and oxygen atoms in total. The number of halogens is 2. The van der Waals surface area contributed by atoms with Crippen molar-refractivity contribution in [3.63, 3.8) is 0 Å². The minimum absolute atomic E-state index is 0.0671. The Morgan fingerprint density at radius 1 is 0.724 bits per heavy atom. The van der Waals surface area contributed by atoms with Gasteiger partial charge in [-0.25, -0.2) is 0 Å². The summed E-state index contributed by atoms with van der Waals surface area (Å²) in [6.07, 6.45) is 14.1. The van der Waals surface area contributed by atoms with Crippen LogP contribution in [-0.2, 0) is 15.9 Å². The van der Waals surface area contributed by atoms with Gasteiger partial charge in [0.1, 0.15) is 0 Å². The Balaban J connectivity index is -0.000000302. The zero-order valence-electron chi connectivity index (χ0n) is 20.2. The van der Waals surface area contributed by atoms with E-state index in [1.165, 1.54) is 64.2 Å². The van der Waals surface area contributed by atoms with Crippen LogP contribution in [0.15, 0.2) is 0 Å². The second-order valence-electron chi connectivity index (χ2n) is 10.6. The summed E-state index contributed by atoms with van der Waals surface area (Å²) < 4.78 is 0. The van der Waals surface area contributed by atoms with Crippen molar-refractivity contribution in [2.45, 2.75) is 130 Å². The van der Waals surface area contributed by atoms with Crippen molar-refractivity contribution in [3.05, 3.63) is 0 Å². The van der Waals surface area contributed by atoms with Crippen molar-refractivity contribution in [2.75, 3.05) is 0 Å². The van der Waals surface area contributed by atoms with Gasteiger partial charge in [-0.2, -0.15) is 0 Å². The average molecular weight is 586 g/mol. The van der Waals surface area contributed by atoms with E-state index < -0.39 is 0 Å². The van der Waals surface area contributed by atoms with Gasteiger partial charge in [-0.1, -0.05) is 107 Å². The molecule has 29 heavy (non-hydrogen) atoms. The standard InChI is InChI=1S/C7H14.C6H13OP.C5H12.C4H11OP.2ClH.Pd/c1-7-5-3-2-4-6-7;7-8-6-4-2-1-3-5-6;1-5(2,3)4;1-4(2,3)6-5;;;/h7H,2-6H2,1H3;6-8H,1-5H2;1-4H3;5-6H,1-3H3;2*1H;/q;;;;;;+2/p-2. The third kappa shape index (κ3) is 44.5. The zero-order chi connectivity index (χ0) is 23.3. The summed E-state index contributed by atoms with van der Waals surface area (Å²) in [5, 5.41) is 0.125. The van der Waals surface area contributed by atoms with Crippen molar-refractivity contribution < 1.29 is 25.7 Å². The SMILES string of the molecule is CC(C)(C)C.CC(C)(C)PO.CC1CCCCC1.OPC1CCCCC1.[Cl][Pd][Cl]. The molecule has 2 saturated carbocycles. The summed E-state index contributed by atoms with van der Waals surface area (Å²) in [7, 11) is 9.90. The van der Waals surface area contributed by atoms with Crippen LogP contribution in [0.3, 0.4) is 0 Å². The van der Waals surface area contributed by atoms with Crippen LogP contribution < -0.4 is 0 Å². The van der Waals surface area contributed by atoms with Crippen molar-refractivity contribution in [2.24, 2.45) is 11.3 Å². The molecule has 2 fully saturated rings. The fourth-order valence-electron chi connectivity index (χ4n) is 2.54. The first-order valence-electron chi connectivity index (χ1n) is 10.9. The predicted octanol–water partition coefficient (Wildman–Crippen LogP) is 9.29. The molecule has 2 aliphatic carbocycles. The summed E-state index contributed by atoms with van der Waals surface area (Å²) in [5.74, 6) is 1.04. The van der Waals surface area contributed by atoms with E-state index in [-0.39, 0.29) is 38.7 Å². The molecule has 0 radical (unpaired) electrons. The third-order valence-electron chi connectivity index (χ3n) is 4.02. The second-order valence-corrected chi connectivity index (χ2v) is 15.8. The van der Waals surface area contributed by atoms with E-state index in [0.717, 1.165) is 5.92 Å². The fourth-order valence-corrected chi connectivity index (χ4v) is 3.20. The summed E-state index contributed by atoms with van der Waals surface area (Å²) in [4.78, 5) is 17.1. The van der Waals surface area contributed by atoms with E-state index in [1.807, 2.05) is 20.8 Å². The zero-order valence-corrected chi connectivity index (χ0v) is 25.3. The molecule has 0 aliphatic heterocycles. The molecule has 2 atom stereocenters. The van der Waals surface area contributed by atoms with Crippen molar-refractivity contribution in [1.29, 1.82) is 0 Å². The van der Waals surface area contributed by atoms with Crippen molar-refractivity contribution in [3.8, 4) is 0 Å². The van der Waals surface area contributed by atoms with Crippen LogP contribution in [0.2, 0.25) is 0 Å². The van der Waals surface area contributed by atoms with Gasteiger partial charge in [-0.3, -0.25) is 0 Å². The summed E-state index contributed by atoms with van der Waals surface area (Å²) in [6, 6.07) is 0. The van der Waals surface area contributed by atoms with Gasteiger partial charge < -0.3 is 9.79 Å². The van der Waals surface area contributed by atoms with Crippen LogP contribution >= 0.6 is 36.7 Å². The second kappa shape index (κ2) is 23.2. The van der Waals surface area contributed by atoms with Crippen LogP contribution in [0.5, 0.6) is 0 Å². The van der Waals surface area contributed by atoms with Crippen LogP contribution in [0, 0.1) is 11.3 Å². The van der Waals surface area contributed by atoms with Crippen LogP contribution in [0.25, 0.3) is 0 Å². The van der Waals surface area contributed by atoms with E-state index in [0.29, 0.717) is 11.1 Å². The van der Waals surface area contributed by atoms with Crippen LogP contribution in [-0.4, -0.2) is 20.6 Å². The molecule has 0 saturated heterocycles. The normalized spacial score (nSPS) is 18.8. The molecule has 0 heterocycles. The van der Waals surface area contributed by atoms with E-state index in [4.69, 9.17) is 28.8 Å². The predicted molar refractivity (Wildman–Crippen MR) is 137 cm³/mol. The molecule has 0 amide bonds. The maximum atomic E-state index is 8.72. The molecule has 2 aliphatic rings. The Labute approximate surface area is 203 Å². The fraction of sp³-hybridized carbons (Fsp3) is 1.00. The quantitative estimate of drug-likeness (QED) is 0.238. The molecule has 0 aromatic carbocycles. The first kappa shape index (κ1) is 35.6. The first-order valence-corrected chi connectivity index (χ1v) is 16.9. The van der Waals surface area contributed by atoms with Gasteiger partial charge in [0.25, 0.3) is 0 Å². The number of rotatable bonds is 1. The van der Waals surface area contributed by atoms with Gasteiger partial charge in [0.15, 0.2) is 0 Å². The molecule has 2 N–H and O–H groups in total. The Morgan fingerprint density at radius 2 is 1.00 bits per heavy atom. The van der Waals surface area contributed by atoms with E-state index in [2.05, 4.69) is 34.6 Å². The van der Waals surface area contributed by atoms with Gasteiger partial charge in [0.2, 0.25) is 0 Å². The summed E-state index contributed by atoms with van der Waals surface area (Å²) >= 11 is -0.106. The Morgan fingerprint density at radius 3 is 1.14 bits per heavy atom. The summed E-state index contributed by atoms with van der Waals surface area (Å²) in [5.41, 5.74) is 1.17. The number of hydrogen-bond acceptors (Lipinski definition) is 2. The van der Waals surface area contributed by atoms with Gasteiger partial charge in [0.05, 0.1) is 0 Å². The van der Waals surface area contributed by atoms with E-state index in [1.54, 1.807) is 0 Å².